The molecule has 0 radical (unpaired) electrons. The van der Waals surface area contributed by atoms with Gasteiger partial charge in [-0.1, -0.05) is 0 Å². The average Bonchev–Trinajstić information content (AvgIpc) is 2.37. The second-order valence-electron chi connectivity index (χ2n) is 4.38. The molecule has 1 heterocycles. The third kappa shape index (κ3) is 3.91. The predicted octanol–water partition coefficient (Wildman–Crippen LogP) is 2.30. The van der Waals surface area contributed by atoms with Gasteiger partial charge in [0.05, 0.1) is 18.5 Å². The van der Waals surface area contributed by atoms with Crippen molar-refractivity contribution in [3.8, 4) is 0 Å². The number of carbonyl (C=O) groups is 1. The summed E-state index contributed by atoms with van der Waals surface area (Å²) in [5.41, 5.74) is 0. The Kier molecular flexibility index (Phi) is 4.76. The molecule has 1 fully saturated rings. The van der Waals surface area contributed by atoms with E-state index in [0.29, 0.717) is 19.7 Å². The number of carbonyl (C=O) groups excluding carboxylic acids is 1. The Labute approximate surface area is 114 Å². The Bertz CT molecular complexity index is 470. The largest absolute Gasteiger partial charge is 0.375 e. The van der Waals surface area contributed by atoms with Crippen LogP contribution < -0.4 is 0 Å². The number of benzene rings is 1. The minimum absolute atomic E-state index is 0.0326. The summed E-state index contributed by atoms with van der Waals surface area (Å²) in [4.78, 5) is 13.9. The molecule has 6 heteroatoms. The van der Waals surface area contributed by atoms with E-state index in [0.717, 1.165) is 17.8 Å². The molecule has 1 saturated heterocycles. The molecule has 1 unspecified atom stereocenters. The first-order valence-corrected chi connectivity index (χ1v) is 7.02. The summed E-state index contributed by atoms with van der Waals surface area (Å²) < 4.78 is 31.5. The molecule has 0 aromatic heterocycles. The molecule has 1 aromatic rings. The van der Waals surface area contributed by atoms with Crippen molar-refractivity contribution in [3.63, 3.8) is 0 Å². The monoisotopic (exact) mass is 287 g/mol. The van der Waals surface area contributed by atoms with E-state index in [1.165, 1.54) is 12.1 Å². The summed E-state index contributed by atoms with van der Waals surface area (Å²) in [6.07, 6.45) is 0.0326. The van der Waals surface area contributed by atoms with Gasteiger partial charge in [0.2, 0.25) is 5.91 Å². The number of morpholine rings is 1. The van der Waals surface area contributed by atoms with Crippen molar-refractivity contribution in [1.82, 2.24) is 4.90 Å². The van der Waals surface area contributed by atoms with Gasteiger partial charge in [-0.25, -0.2) is 8.78 Å². The third-order valence-electron chi connectivity index (χ3n) is 2.84. The van der Waals surface area contributed by atoms with Crippen LogP contribution in [0.2, 0.25) is 0 Å². The number of hydrogen-bond acceptors (Lipinski definition) is 3. The number of rotatable bonds is 3. The molecule has 1 aliphatic rings. The Morgan fingerprint density at radius 1 is 1.53 bits per heavy atom. The fourth-order valence-electron chi connectivity index (χ4n) is 1.87. The van der Waals surface area contributed by atoms with Crippen LogP contribution in [0.15, 0.2) is 23.1 Å². The van der Waals surface area contributed by atoms with Crippen molar-refractivity contribution in [1.29, 1.82) is 0 Å². The van der Waals surface area contributed by atoms with Gasteiger partial charge in [0, 0.05) is 24.1 Å². The van der Waals surface area contributed by atoms with Crippen LogP contribution in [-0.2, 0) is 9.53 Å². The summed E-state index contributed by atoms with van der Waals surface area (Å²) in [6, 6.07) is 3.36. The predicted molar refractivity (Wildman–Crippen MR) is 69.1 cm³/mol. The van der Waals surface area contributed by atoms with Crippen molar-refractivity contribution < 1.29 is 18.3 Å². The SMILES string of the molecule is CC1CN(C(=O)CSc2ccc(F)cc2F)CCO1. The normalized spacial score (nSPS) is 19.5. The van der Waals surface area contributed by atoms with Crippen molar-refractivity contribution >= 4 is 17.7 Å². The first-order chi connectivity index (χ1) is 9.06. The van der Waals surface area contributed by atoms with Crippen molar-refractivity contribution in [3.05, 3.63) is 29.8 Å². The molecule has 2 rings (SSSR count). The highest BCUT2D eigenvalue weighted by Gasteiger charge is 2.21. The van der Waals surface area contributed by atoms with Gasteiger partial charge in [0.15, 0.2) is 0 Å². The number of amides is 1. The van der Waals surface area contributed by atoms with Crippen LogP contribution in [0, 0.1) is 11.6 Å². The Balaban J connectivity index is 1.89. The summed E-state index contributed by atoms with van der Waals surface area (Å²) >= 11 is 1.09. The molecule has 0 aliphatic carbocycles. The number of ether oxygens (including phenoxy) is 1. The molecule has 0 saturated carbocycles. The maximum Gasteiger partial charge on any atom is 0.233 e. The molecule has 1 amide bonds. The summed E-state index contributed by atoms with van der Waals surface area (Å²) in [7, 11) is 0. The Morgan fingerprint density at radius 3 is 3.00 bits per heavy atom. The molecule has 0 spiro atoms. The van der Waals surface area contributed by atoms with E-state index in [1.54, 1.807) is 4.90 Å². The number of nitrogens with zero attached hydrogens (tertiary/aromatic N) is 1. The van der Waals surface area contributed by atoms with Crippen LogP contribution in [0.5, 0.6) is 0 Å². The van der Waals surface area contributed by atoms with Crippen LogP contribution in [0.1, 0.15) is 6.92 Å². The zero-order chi connectivity index (χ0) is 13.8. The van der Waals surface area contributed by atoms with E-state index in [-0.39, 0.29) is 22.7 Å². The highest BCUT2D eigenvalue weighted by atomic mass is 32.2. The molecular formula is C13H15F2NO2S. The lowest BCUT2D eigenvalue weighted by molar-refractivity contribution is -0.135. The molecule has 3 nitrogen and oxygen atoms in total. The minimum atomic E-state index is -0.631. The van der Waals surface area contributed by atoms with Crippen LogP contribution >= 0.6 is 11.8 Å². The standard InChI is InChI=1S/C13H15F2NO2S/c1-9-7-16(4-5-18-9)13(17)8-19-12-3-2-10(14)6-11(12)15/h2-3,6,9H,4-5,7-8H2,1H3. The molecule has 1 aliphatic heterocycles. The van der Waals surface area contributed by atoms with E-state index in [2.05, 4.69) is 0 Å². The zero-order valence-corrected chi connectivity index (χ0v) is 11.4. The topological polar surface area (TPSA) is 29.5 Å². The minimum Gasteiger partial charge on any atom is -0.375 e. The number of hydrogen-bond donors (Lipinski definition) is 0. The summed E-state index contributed by atoms with van der Waals surface area (Å²) in [6.45, 7) is 3.57. The molecule has 0 bridgehead atoms. The second-order valence-corrected chi connectivity index (χ2v) is 5.40. The highest BCUT2D eigenvalue weighted by Crippen LogP contribution is 2.23. The number of halogens is 2. The molecule has 104 valence electrons. The van der Waals surface area contributed by atoms with Crippen LogP contribution in [0.3, 0.4) is 0 Å². The lowest BCUT2D eigenvalue weighted by Crippen LogP contribution is -2.45. The lowest BCUT2D eigenvalue weighted by atomic mass is 10.3. The van der Waals surface area contributed by atoms with Crippen LogP contribution in [0.4, 0.5) is 8.78 Å². The maximum atomic E-state index is 13.4. The fraction of sp³-hybridized carbons (Fsp3) is 0.462. The van der Waals surface area contributed by atoms with Gasteiger partial charge in [-0.15, -0.1) is 11.8 Å². The van der Waals surface area contributed by atoms with Crippen LogP contribution in [-0.4, -0.2) is 42.4 Å². The highest BCUT2D eigenvalue weighted by molar-refractivity contribution is 8.00. The molecule has 0 N–H and O–H groups in total. The van der Waals surface area contributed by atoms with Crippen molar-refractivity contribution in [2.75, 3.05) is 25.4 Å². The number of thioether (sulfide) groups is 1. The van der Waals surface area contributed by atoms with E-state index in [9.17, 15) is 13.6 Å². The molecular weight excluding hydrogens is 272 g/mol. The first-order valence-electron chi connectivity index (χ1n) is 6.03. The van der Waals surface area contributed by atoms with Gasteiger partial charge in [-0.3, -0.25) is 4.79 Å². The third-order valence-corrected chi connectivity index (χ3v) is 3.87. The van der Waals surface area contributed by atoms with Crippen molar-refractivity contribution in [2.24, 2.45) is 0 Å². The zero-order valence-electron chi connectivity index (χ0n) is 10.6. The van der Waals surface area contributed by atoms with Gasteiger partial charge in [-0.2, -0.15) is 0 Å². The summed E-state index contributed by atoms with van der Waals surface area (Å²) in [5.74, 6) is -1.15. The average molecular weight is 287 g/mol. The molecule has 1 atom stereocenters. The Morgan fingerprint density at radius 2 is 2.32 bits per heavy atom. The smallest absolute Gasteiger partial charge is 0.233 e. The van der Waals surface area contributed by atoms with Gasteiger partial charge < -0.3 is 9.64 Å². The summed E-state index contributed by atoms with van der Waals surface area (Å²) in [5, 5.41) is 0. The van der Waals surface area contributed by atoms with Crippen molar-refractivity contribution in [2.45, 2.75) is 17.9 Å². The van der Waals surface area contributed by atoms with Gasteiger partial charge in [0.25, 0.3) is 0 Å². The second kappa shape index (κ2) is 6.34. The molecule has 1 aromatic carbocycles. The van der Waals surface area contributed by atoms with E-state index in [1.807, 2.05) is 6.92 Å². The lowest BCUT2D eigenvalue weighted by Gasteiger charge is -2.31. The Hall–Kier alpha value is -1.14. The first kappa shape index (κ1) is 14.3. The fourth-order valence-corrected chi connectivity index (χ4v) is 2.69. The maximum absolute atomic E-state index is 13.4. The van der Waals surface area contributed by atoms with E-state index >= 15 is 0 Å². The quantitative estimate of drug-likeness (QED) is 0.799. The van der Waals surface area contributed by atoms with Gasteiger partial charge >= 0.3 is 0 Å². The molecule has 19 heavy (non-hydrogen) atoms. The van der Waals surface area contributed by atoms with Gasteiger partial charge in [0.1, 0.15) is 11.6 Å². The van der Waals surface area contributed by atoms with Crippen LogP contribution in [0.25, 0.3) is 0 Å². The van der Waals surface area contributed by atoms with Gasteiger partial charge in [-0.05, 0) is 19.1 Å². The van der Waals surface area contributed by atoms with E-state index in [4.69, 9.17) is 4.74 Å². The van der Waals surface area contributed by atoms with E-state index < -0.39 is 11.6 Å².